The molecule has 15 heavy (non-hydrogen) atoms. The Morgan fingerprint density at radius 1 is 0.800 bits per heavy atom. The van der Waals surface area contributed by atoms with Crippen LogP contribution < -0.4 is 0 Å². The second kappa shape index (κ2) is 12.0. The molecule has 92 valence electrons. The van der Waals surface area contributed by atoms with Crippen LogP contribution in [0, 0.1) is 0 Å². The van der Waals surface area contributed by atoms with Crippen LogP contribution in [-0.2, 0) is 0 Å². The van der Waals surface area contributed by atoms with Gasteiger partial charge in [-0.25, -0.2) is 0 Å². The zero-order valence-electron chi connectivity index (χ0n) is 10.2. The molecular weight excluding hydrogens is 188 g/mol. The van der Waals surface area contributed by atoms with Crippen molar-refractivity contribution in [3.8, 4) is 0 Å². The van der Waals surface area contributed by atoms with Gasteiger partial charge in [0.1, 0.15) is 0 Å². The van der Waals surface area contributed by atoms with Gasteiger partial charge in [-0.15, -0.1) is 0 Å². The fourth-order valence-corrected chi connectivity index (χ4v) is 1.81. The van der Waals surface area contributed by atoms with Gasteiger partial charge < -0.3 is 10.2 Å². The quantitative estimate of drug-likeness (QED) is 0.520. The Bertz CT molecular complexity index is 115. The lowest BCUT2D eigenvalue weighted by Gasteiger charge is -2.07. The molecule has 0 spiro atoms. The van der Waals surface area contributed by atoms with Gasteiger partial charge in [0.2, 0.25) is 0 Å². The van der Waals surface area contributed by atoms with Crippen LogP contribution in [0.2, 0.25) is 0 Å². The second-order valence-electron chi connectivity index (χ2n) is 4.43. The van der Waals surface area contributed by atoms with E-state index in [-0.39, 0.29) is 12.7 Å². The molecule has 0 bridgehead atoms. The van der Waals surface area contributed by atoms with E-state index in [1.807, 2.05) is 0 Å². The van der Waals surface area contributed by atoms with Gasteiger partial charge in [-0.1, -0.05) is 58.3 Å². The maximum Gasteiger partial charge on any atom is 0.0562 e. The molecule has 0 aromatic heterocycles. The van der Waals surface area contributed by atoms with Crippen LogP contribution in [-0.4, -0.2) is 22.9 Å². The first-order valence-electron chi connectivity index (χ1n) is 6.60. The third kappa shape index (κ3) is 11.8. The molecule has 0 aromatic rings. The van der Waals surface area contributed by atoms with Crippen LogP contribution in [0.3, 0.4) is 0 Å². The summed E-state index contributed by atoms with van der Waals surface area (Å²) in [5.41, 5.74) is 0. The molecule has 0 aliphatic rings. The van der Waals surface area contributed by atoms with E-state index in [0.717, 1.165) is 12.8 Å². The van der Waals surface area contributed by atoms with E-state index in [4.69, 9.17) is 5.11 Å². The standard InChI is InChI=1S/C13H28O2/c1-2-3-4-5-6-7-8-9-10-13(15)11-12-14/h13-15H,2-12H2,1H3. The number of rotatable bonds is 11. The van der Waals surface area contributed by atoms with Gasteiger partial charge in [-0.2, -0.15) is 0 Å². The molecule has 0 fully saturated rings. The Labute approximate surface area is 94.7 Å². The van der Waals surface area contributed by atoms with Gasteiger partial charge in [0.15, 0.2) is 0 Å². The first kappa shape index (κ1) is 14.9. The van der Waals surface area contributed by atoms with Crippen LogP contribution >= 0.6 is 0 Å². The van der Waals surface area contributed by atoms with Crippen LogP contribution in [0.15, 0.2) is 0 Å². The third-order valence-corrected chi connectivity index (χ3v) is 2.85. The zero-order chi connectivity index (χ0) is 11.4. The summed E-state index contributed by atoms with van der Waals surface area (Å²) in [5.74, 6) is 0. The Morgan fingerprint density at radius 2 is 1.33 bits per heavy atom. The summed E-state index contributed by atoms with van der Waals surface area (Å²) in [6.45, 7) is 2.35. The molecule has 0 rings (SSSR count). The Hall–Kier alpha value is -0.0800. The van der Waals surface area contributed by atoms with E-state index in [1.54, 1.807) is 0 Å². The van der Waals surface area contributed by atoms with Crippen molar-refractivity contribution in [2.45, 2.75) is 77.2 Å². The SMILES string of the molecule is CCCCCCCCCCC(O)CCO. The van der Waals surface area contributed by atoms with Crippen molar-refractivity contribution in [3.05, 3.63) is 0 Å². The van der Waals surface area contributed by atoms with E-state index in [0.29, 0.717) is 6.42 Å². The van der Waals surface area contributed by atoms with E-state index in [2.05, 4.69) is 6.92 Å². The van der Waals surface area contributed by atoms with Gasteiger partial charge in [0.05, 0.1) is 6.10 Å². The molecule has 1 atom stereocenters. The van der Waals surface area contributed by atoms with E-state index < -0.39 is 0 Å². The van der Waals surface area contributed by atoms with Crippen molar-refractivity contribution >= 4 is 0 Å². The summed E-state index contributed by atoms with van der Waals surface area (Å²) in [4.78, 5) is 0. The molecule has 2 nitrogen and oxygen atoms in total. The molecule has 0 radical (unpaired) electrons. The second-order valence-corrected chi connectivity index (χ2v) is 4.43. The lowest BCUT2D eigenvalue weighted by atomic mass is 10.0. The van der Waals surface area contributed by atoms with E-state index in [1.165, 1.54) is 44.9 Å². The minimum atomic E-state index is -0.282. The average Bonchev–Trinajstić information content (AvgIpc) is 2.22. The molecular formula is C13H28O2. The summed E-state index contributed by atoms with van der Waals surface area (Å²) in [6.07, 6.45) is 11.5. The number of hydrogen-bond acceptors (Lipinski definition) is 2. The fraction of sp³-hybridized carbons (Fsp3) is 1.00. The number of unbranched alkanes of at least 4 members (excludes halogenated alkanes) is 7. The summed E-state index contributed by atoms with van der Waals surface area (Å²) in [6, 6.07) is 0. The first-order valence-corrected chi connectivity index (χ1v) is 6.60. The van der Waals surface area contributed by atoms with Gasteiger partial charge >= 0.3 is 0 Å². The molecule has 0 aliphatic carbocycles. The molecule has 0 aliphatic heterocycles. The molecule has 1 unspecified atom stereocenters. The number of aliphatic hydroxyl groups excluding tert-OH is 2. The number of hydrogen-bond donors (Lipinski definition) is 2. The first-order chi connectivity index (χ1) is 7.31. The Kier molecular flexibility index (Phi) is 11.9. The maximum atomic E-state index is 9.36. The molecule has 0 saturated heterocycles. The van der Waals surface area contributed by atoms with Crippen LogP contribution in [0.4, 0.5) is 0 Å². The van der Waals surface area contributed by atoms with Gasteiger partial charge in [0, 0.05) is 6.61 Å². The van der Waals surface area contributed by atoms with Crippen molar-refractivity contribution in [2.75, 3.05) is 6.61 Å². The molecule has 0 heterocycles. The summed E-state index contributed by atoms with van der Waals surface area (Å²) >= 11 is 0. The molecule has 2 heteroatoms. The third-order valence-electron chi connectivity index (χ3n) is 2.85. The summed E-state index contributed by atoms with van der Waals surface area (Å²) in [5, 5.41) is 18.0. The number of aliphatic hydroxyl groups is 2. The monoisotopic (exact) mass is 216 g/mol. The maximum absolute atomic E-state index is 9.36. The smallest absolute Gasteiger partial charge is 0.0562 e. The predicted octanol–water partition coefficient (Wildman–Crippen LogP) is 3.26. The zero-order valence-corrected chi connectivity index (χ0v) is 10.2. The summed E-state index contributed by atoms with van der Waals surface area (Å²) < 4.78 is 0. The topological polar surface area (TPSA) is 40.5 Å². The van der Waals surface area contributed by atoms with Gasteiger partial charge in [-0.3, -0.25) is 0 Å². The van der Waals surface area contributed by atoms with Crippen molar-refractivity contribution in [3.63, 3.8) is 0 Å². The molecule has 0 saturated carbocycles. The van der Waals surface area contributed by atoms with E-state index in [9.17, 15) is 5.11 Å². The van der Waals surface area contributed by atoms with Crippen molar-refractivity contribution in [1.82, 2.24) is 0 Å². The highest BCUT2D eigenvalue weighted by molar-refractivity contribution is 4.55. The lowest BCUT2D eigenvalue weighted by Crippen LogP contribution is -2.08. The Morgan fingerprint density at radius 3 is 1.87 bits per heavy atom. The minimum Gasteiger partial charge on any atom is -0.396 e. The Balaban J connectivity index is 2.98. The lowest BCUT2D eigenvalue weighted by molar-refractivity contribution is 0.122. The van der Waals surface area contributed by atoms with Crippen molar-refractivity contribution in [2.24, 2.45) is 0 Å². The van der Waals surface area contributed by atoms with Crippen LogP contribution in [0.25, 0.3) is 0 Å². The summed E-state index contributed by atoms with van der Waals surface area (Å²) in [7, 11) is 0. The largest absolute Gasteiger partial charge is 0.396 e. The molecule has 0 amide bonds. The average molecular weight is 216 g/mol. The van der Waals surface area contributed by atoms with Crippen LogP contribution in [0.5, 0.6) is 0 Å². The fourth-order valence-electron chi connectivity index (χ4n) is 1.81. The van der Waals surface area contributed by atoms with Gasteiger partial charge in [0.25, 0.3) is 0 Å². The highest BCUT2D eigenvalue weighted by atomic mass is 16.3. The van der Waals surface area contributed by atoms with E-state index >= 15 is 0 Å². The molecule has 0 aromatic carbocycles. The normalized spacial score (nSPS) is 13.0. The predicted molar refractivity (Wildman–Crippen MR) is 64.9 cm³/mol. The van der Waals surface area contributed by atoms with Crippen molar-refractivity contribution in [1.29, 1.82) is 0 Å². The highest BCUT2D eigenvalue weighted by Crippen LogP contribution is 2.11. The van der Waals surface area contributed by atoms with Crippen molar-refractivity contribution < 1.29 is 10.2 Å². The van der Waals surface area contributed by atoms with Crippen LogP contribution in [0.1, 0.15) is 71.1 Å². The highest BCUT2D eigenvalue weighted by Gasteiger charge is 2.01. The van der Waals surface area contributed by atoms with Gasteiger partial charge in [-0.05, 0) is 12.8 Å². The molecule has 2 N–H and O–H groups in total. The minimum absolute atomic E-state index is 0.109.